The highest BCUT2D eigenvalue weighted by molar-refractivity contribution is 5.98. The van der Waals surface area contributed by atoms with Crippen LogP contribution in [0.4, 0.5) is 8.78 Å². The quantitative estimate of drug-likeness (QED) is 0.695. The molecular formula is C18H20F2N2O5. The van der Waals surface area contributed by atoms with Crippen molar-refractivity contribution in [2.75, 3.05) is 20.3 Å². The van der Waals surface area contributed by atoms with Gasteiger partial charge in [0.15, 0.2) is 11.6 Å². The summed E-state index contributed by atoms with van der Waals surface area (Å²) in [5.41, 5.74) is -2.34. The third kappa shape index (κ3) is 3.28. The topological polar surface area (TPSA) is 101 Å². The predicted octanol–water partition coefficient (Wildman–Crippen LogP) is 1.10. The molecule has 1 aliphatic rings. The fraction of sp³-hybridized carbons (Fsp3) is 0.444. The smallest absolute Gasteiger partial charge is 0.257 e. The Balaban J connectivity index is 2.25. The van der Waals surface area contributed by atoms with Gasteiger partial charge in [-0.2, -0.15) is 4.39 Å². The van der Waals surface area contributed by atoms with Crippen LogP contribution in [0.5, 0.6) is 5.75 Å². The van der Waals surface area contributed by atoms with Gasteiger partial charge < -0.3 is 24.8 Å². The maximum absolute atomic E-state index is 14.2. The Morgan fingerprint density at radius 2 is 2.00 bits per heavy atom. The van der Waals surface area contributed by atoms with Crippen molar-refractivity contribution < 1.29 is 28.5 Å². The highest BCUT2D eigenvalue weighted by Crippen LogP contribution is 2.40. The summed E-state index contributed by atoms with van der Waals surface area (Å²) in [6.45, 7) is 0.310. The molecule has 7 nitrogen and oxygen atoms in total. The summed E-state index contributed by atoms with van der Waals surface area (Å²) >= 11 is 0. The average molecular weight is 382 g/mol. The molecule has 1 fully saturated rings. The van der Waals surface area contributed by atoms with Gasteiger partial charge in [0, 0.05) is 12.2 Å². The van der Waals surface area contributed by atoms with Crippen molar-refractivity contribution in [1.29, 1.82) is 0 Å². The summed E-state index contributed by atoms with van der Waals surface area (Å²) in [4.78, 5) is 25.4. The summed E-state index contributed by atoms with van der Waals surface area (Å²) in [6.07, 6.45) is 2.80. The molecule has 1 aromatic heterocycles. The van der Waals surface area contributed by atoms with Crippen LogP contribution >= 0.6 is 0 Å². The number of halogens is 2. The number of aliphatic hydroxyl groups excluding tert-OH is 2. The average Bonchev–Trinajstić information content (AvgIpc) is 3.48. The zero-order chi connectivity index (χ0) is 19.9. The maximum atomic E-state index is 14.2. The summed E-state index contributed by atoms with van der Waals surface area (Å²) < 4.78 is 34.6. The van der Waals surface area contributed by atoms with E-state index in [0.717, 1.165) is 18.9 Å². The van der Waals surface area contributed by atoms with E-state index in [2.05, 4.69) is 5.32 Å². The summed E-state index contributed by atoms with van der Waals surface area (Å²) in [5.74, 6) is -3.68. The number of hydrogen-bond acceptors (Lipinski definition) is 5. The second-order valence-corrected chi connectivity index (χ2v) is 6.94. The van der Waals surface area contributed by atoms with Crippen LogP contribution < -0.4 is 15.5 Å². The van der Waals surface area contributed by atoms with Gasteiger partial charge in [0.05, 0.1) is 36.8 Å². The summed E-state index contributed by atoms with van der Waals surface area (Å²) in [6, 6.07) is 0.683. The molecule has 0 aliphatic heterocycles. The Labute approximate surface area is 153 Å². The number of pyridine rings is 1. The molecule has 0 unspecified atom stereocenters. The van der Waals surface area contributed by atoms with Crippen molar-refractivity contribution in [1.82, 2.24) is 9.88 Å². The SMILES string of the molecule is COc1c(F)c(F)cc2c(=O)c(C(=O)NC(C)(CO)CO)cn(C3CC3)c12. The van der Waals surface area contributed by atoms with E-state index in [0.29, 0.717) is 0 Å². The van der Waals surface area contributed by atoms with E-state index in [1.54, 1.807) is 4.57 Å². The van der Waals surface area contributed by atoms with Crippen molar-refractivity contribution in [2.24, 2.45) is 0 Å². The van der Waals surface area contributed by atoms with Crippen molar-refractivity contribution in [3.63, 3.8) is 0 Å². The van der Waals surface area contributed by atoms with E-state index >= 15 is 0 Å². The minimum atomic E-state index is -1.34. The second kappa shape index (κ2) is 6.90. The molecule has 1 heterocycles. The van der Waals surface area contributed by atoms with Crippen LogP contribution in [0, 0.1) is 11.6 Å². The van der Waals surface area contributed by atoms with Crippen LogP contribution in [0.1, 0.15) is 36.2 Å². The van der Waals surface area contributed by atoms with E-state index < -0.39 is 47.5 Å². The number of ether oxygens (including phenoxy) is 1. The molecule has 1 saturated carbocycles. The largest absolute Gasteiger partial charge is 0.491 e. The van der Waals surface area contributed by atoms with E-state index in [1.165, 1.54) is 20.2 Å². The number of nitrogens with one attached hydrogen (secondary N) is 1. The first-order valence-electron chi connectivity index (χ1n) is 8.41. The molecule has 3 N–H and O–H groups in total. The van der Waals surface area contributed by atoms with Crippen LogP contribution in [-0.4, -0.2) is 46.5 Å². The van der Waals surface area contributed by atoms with Crippen molar-refractivity contribution in [3.8, 4) is 5.75 Å². The van der Waals surface area contributed by atoms with Gasteiger partial charge in [0.2, 0.25) is 11.2 Å². The number of methoxy groups -OCH3 is 1. The molecule has 1 amide bonds. The number of rotatable bonds is 6. The lowest BCUT2D eigenvalue weighted by Gasteiger charge is -2.26. The number of hydrogen-bond donors (Lipinski definition) is 3. The van der Waals surface area contributed by atoms with E-state index in [9.17, 15) is 28.6 Å². The van der Waals surface area contributed by atoms with Gasteiger partial charge in [-0.1, -0.05) is 0 Å². The minimum Gasteiger partial charge on any atom is -0.491 e. The summed E-state index contributed by atoms with van der Waals surface area (Å²) in [7, 11) is 1.17. The molecule has 3 rings (SSSR count). The number of amides is 1. The Bertz CT molecular complexity index is 965. The molecule has 0 spiro atoms. The van der Waals surface area contributed by atoms with Crippen molar-refractivity contribution in [3.05, 3.63) is 39.7 Å². The van der Waals surface area contributed by atoms with E-state index in [1.807, 2.05) is 0 Å². The number of aliphatic hydroxyl groups is 2. The first-order chi connectivity index (χ1) is 12.8. The third-order valence-corrected chi connectivity index (χ3v) is 4.67. The first-order valence-corrected chi connectivity index (χ1v) is 8.41. The van der Waals surface area contributed by atoms with Gasteiger partial charge >= 0.3 is 0 Å². The van der Waals surface area contributed by atoms with Gasteiger partial charge in [0.1, 0.15) is 5.56 Å². The number of nitrogens with zero attached hydrogens (tertiary/aromatic N) is 1. The Hall–Kier alpha value is -2.52. The summed E-state index contributed by atoms with van der Waals surface area (Å²) in [5, 5.41) is 20.9. The molecule has 27 heavy (non-hydrogen) atoms. The Morgan fingerprint density at radius 1 is 1.37 bits per heavy atom. The minimum absolute atomic E-state index is 0.0690. The van der Waals surface area contributed by atoms with Crippen LogP contribution in [0.3, 0.4) is 0 Å². The fourth-order valence-electron chi connectivity index (χ4n) is 2.89. The fourth-order valence-corrected chi connectivity index (χ4v) is 2.89. The molecule has 0 radical (unpaired) electrons. The van der Waals surface area contributed by atoms with Gasteiger partial charge in [-0.25, -0.2) is 4.39 Å². The lowest BCUT2D eigenvalue weighted by atomic mass is 10.0. The molecule has 146 valence electrons. The molecule has 1 aromatic carbocycles. The number of fused-ring (bicyclic) bond motifs is 1. The predicted molar refractivity (Wildman–Crippen MR) is 93.0 cm³/mol. The first kappa shape index (κ1) is 19.2. The van der Waals surface area contributed by atoms with Crippen LogP contribution in [-0.2, 0) is 0 Å². The van der Waals surface area contributed by atoms with Crippen LogP contribution in [0.15, 0.2) is 17.1 Å². The lowest BCUT2D eigenvalue weighted by molar-refractivity contribution is 0.0722. The molecule has 0 bridgehead atoms. The molecule has 0 atom stereocenters. The maximum Gasteiger partial charge on any atom is 0.257 e. The number of carbonyl (C=O) groups excluding carboxylic acids is 1. The van der Waals surface area contributed by atoms with Crippen LogP contribution in [0.2, 0.25) is 0 Å². The number of benzene rings is 1. The van der Waals surface area contributed by atoms with Crippen molar-refractivity contribution >= 4 is 16.8 Å². The van der Waals surface area contributed by atoms with Gasteiger partial charge in [0.25, 0.3) is 5.91 Å². The van der Waals surface area contributed by atoms with Crippen LogP contribution in [0.25, 0.3) is 10.9 Å². The normalized spacial score (nSPS) is 14.4. The Morgan fingerprint density at radius 3 is 2.52 bits per heavy atom. The van der Waals surface area contributed by atoms with Gasteiger partial charge in [-0.05, 0) is 25.8 Å². The third-order valence-electron chi connectivity index (χ3n) is 4.67. The molecule has 0 saturated heterocycles. The molecule has 9 heteroatoms. The lowest BCUT2D eigenvalue weighted by Crippen LogP contribution is -2.52. The van der Waals surface area contributed by atoms with Gasteiger partial charge in [-0.3, -0.25) is 9.59 Å². The van der Waals surface area contributed by atoms with Gasteiger partial charge in [-0.15, -0.1) is 0 Å². The van der Waals surface area contributed by atoms with E-state index in [-0.39, 0.29) is 22.5 Å². The molecule has 2 aromatic rings. The highest BCUT2D eigenvalue weighted by Gasteiger charge is 2.32. The second-order valence-electron chi connectivity index (χ2n) is 6.94. The zero-order valence-electron chi connectivity index (χ0n) is 14.9. The number of carbonyl (C=O) groups is 1. The van der Waals surface area contributed by atoms with Crippen molar-refractivity contribution in [2.45, 2.75) is 31.3 Å². The zero-order valence-corrected chi connectivity index (χ0v) is 14.9. The van der Waals surface area contributed by atoms with E-state index in [4.69, 9.17) is 4.74 Å². The Kier molecular flexibility index (Phi) is 4.92. The highest BCUT2D eigenvalue weighted by atomic mass is 19.2. The number of aromatic nitrogens is 1. The molecular weight excluding hydrogens is 362 g/mol. The standard InChI is InChI=1S/C18H20F2N2O5/c1-18(7-23,8-24)21-17(26)11-6-22(9-3-4-9)14-10(15(11)25)5-12(19)13(20)16(14)27-2/h5-6,9,23-24H,3-4,7-8H2,1-2H3,(H,21,26). The molecule has 1 aliphatic carbocycles. The monoisotopic (exact) mass is 382 g/mol.